The van der Waals surface area contributed by atoms with Crippen molar-refractivity contribution in [2.75, 3.05) is 17.3 Å². The average Bonchev–Trinajstić information content (AvgIpc) is 3.12. The third-order valence-corrected chi connectivity index (χ3v) is 7.67. The van der Waals surface area contributed by atoms with Gasteiger partial charge in [0.05, 0.1) is 30.1 Å². The molecule has 2 atom stereocenters. The lowest BCUT2D eigenvalue weighted by molar-refractivity contribution is -0.119. The van der Waals surface area contributed by atoms with Crippen LogP contribution in [0.15, 0.2) is 90.1 Å². The van der Waals surface area contributed by atoms with Crippen LogP contribution in [-0.4, -0.2) is 24.8 Å². The maximum absolute atomic E-state index is 14.0. The Morgan fingerprint density at radius 3 is 2.33 bits per heavy atom. The molecule has 0 spiro atoms. The Morgan fingerprint density at radius 1 is 0.897 bits per heavy atom. The molecule has 1 N–H and O–H groups in total. The number of unbranched alkanes of at least 4 members (excludes halogenated alkanes) is 2. The summed E-state index contributed by atoms with van der Waals surface area (Å²) in [6.07, 6.45) is 4.18. The van der Waals surface area contributed by atoms with E-state index in [1.807, 2.05) is 54.6 Å². The van der Waals surface area contributed by atoms with E-state index < -0.39 is 12.0 Å². The molecule has 200 valence electrons. The van der Waals surface area contributed by atoms with E-state index >= 15 is 0 Å². The molecule has 0 bridgehead atoms. The highest BCUT2D eigenvalue weighted by Gasteiger charge is 2.41. The molecular weight excluding hydrogens is 488 g/mol. The summed E-state index contributed by atoms with van der Waals surface area (Å²) < 4.78 is 4.88. The number of fused-ring (bicyclic) bond motifs is 1. The summed E-state index contributed by atoms with van der Waals surface area (Å²) in [5.74, 6) is -0.377. The molecular formula is C33H34N2O4. The van der Waals surface area contributed by atoms with Crippen LogP contribution in [-0.2, 0) is 14.3 Å². The van der Waals surface area contributed by atoms with E-state index in [4.69, 9.17) is 4.74 Å². The van der Waals surface area contributed by atoms with Gasteiger partial charge in [0.1, 0.15) is 0 Å². The Balaban J connectivity index is 1.66. The van der Waals surface area contributed by atoms with Gasteiger partial charge in [-0.25, -0.2) is 4.79 Å². The molecule has 0 radical (unpaired) electrons. The van der Waals surface area contributed by atoms with Crippen molar-refractivity contribution in [2.24, 2.45) is 0 Å². The number of rotatable bonds is 7. The third-order valence-electron chi connectivity index (χ3n) is 7.67. The fraction of sp³-hybridized carbons (Fsp3) is 0.303. The minimum absolute atomic E-state index is 0.0218. The highest BCUT2D eigenvalue weighted by atomic mass is 16.5. The number of hydrogen-bond acceptors (Lipinski definition) is 5. The average molecular weight is 523 g/mol. The zero-order valence-electron chi connectivity index (χ0n) is 22.5. The lowest BCUT2D eigenvalue weighted by Gasteiger charge is -2.35. The Bertz CT molecular complexity index is 1390. The number of para-hydroxylation sites is 2. The van der Waals surface area contributed by atoms with Crippen LogP contribution in [0.2, 0.25) is 0 Å². The number of methoxy groups -OCH3 is 1. The molecule has 0 saturated carbocycles. The van der Waals surface area contributed by atoms with Gasteiger partial charge in [0.25, 0.3) is 0 Å². The minimum atomic E-state index is -0.610. The number of anilines is 2. The molecule has 6 nitrogen and oxygen atoms in total. The van der Waals surface area contributed by atoms with Crippen LogP contribution in [0, 0.1) is 0 Å². The number of carbonyl (C=O) groups is 3. The first-order valence-corrected chi connectivity index (χ1v) is 13.7. The summed E-state index contributed by atoms with van der Waals surface area (Å²) in [5.41, 5.74) is 5.35. The fourth-order valence-corrected chi connectivity index (χ4v) is 5.71. The summed E-state index contributed by atoms with van der Waals surface area (Å²) in [7, 11) is 1.35. The molecule has 5 rings (SSSR count). The summed E-state index contributed by atoms with van der Waals surface area (Å²) in [4.78, 5) is 41.9. The number of allylic oxidation sites excluding steroid dienone is 1. The summed E-state index contributed by atoms with van der Waals surface area (Å²) in [6, 6.07) is 24.3. The van der Waals surface area contributed by atoms with Crippen molar-refractivity contribution in [1.29, 1.82) is 0 Å². The fourth-order valence-electron chi connectivity index (χ4n) is 5.71. The number of nitrogens with zero attached hydrogens (tertiary/aromatic N) is 1. The largest absolute Gasteiger partial charge is 0.465 e. The second-order valence-corrected chi connectivity index (χ2v) is 10.2. The van der Waals surface area contributed by atoms with E-state index in [0.717, 1.165) is 47.5 Å². The van der Waals surface area contributed by atoms with E-state index in [1.54, 1.807) is 17.0 Å². The Kier molecular flexibility index (Phi) is 7.92. The van der Waals surface area contributed by atoms with E-state index in [-0.39, 0.29) is 17.6 Å². The van der Waals surface area contributed by atoms with Crippen LogP contribution in [0.1, 0.15) is 78.9 Å². The lowest BCUT2D eigenvalue weighted by Crippen LogP contribution is -2.38. The molecule has 6 heteroatoms. The number of nitrogens with one attached hydrogen (secondary N) is 1. The molecule has 2 aliphatic rings. The molecule has 0 saturated heterocycles. The monoisotopic (exact) mass is 522 g/mol. The molecule has 3 aromatic rings. The van der Waals surface area contributed by atoms with Crippen molar-refractivity contribution in [1.82, 2.24) is 0 Å². The highest BCUT2D eigenvalue weighted by molar-refractivity contribution is 6.06. The van der Waals surface area contributed by atoms with Crippen LogP contribution in [0.4, 0.5) is 11.4 Å². The van der Waals surface area contributed by atoms with Gasteiger partial charge in [0, 0.05) is 24.1 Å². The third kappa shape index (κ3) is 5.37. The topological polar surface area (TPSA) is 75.7 Å². The van der Waals surface area contributed by atoms with Crippen LogP contribution < -0.4 is 10.2 Å². The number of hydrogen-bond donors (Lipinski definition) is 1. The quantitative estimate of drug-likeness (QED) is 0.268. The normalized spacial score (nSPS) is 18.5. The Labute approximate surface area is 229 Å². The molecule has 0 fully saturated rings. The first-order chi connectivity index (χ1) is 19.0. The molecule has 39 heavy (non-hydrogen) atoms. The van der Waals surface area contributed by atoms with Crippen molar-refractivity contribution in [2.45, 2.75) is 57.4 Å². The number of amides is 1. The Morgan fingerprint density at radius 2 is 1.62 bits per heavy atom. The molecule has 3 aromatic carbocycles. The van der Waals surface area contributed by atoms with Gasteiger partial charge in [-0.1, -0.05) is 74.4 Å². The number of Topliss-reactive ketones (excluding diaryl/α,β-unsaturated/α-hetero) is 1. The maximum Gasteiger partial charge on any atom is 0.337 e. The van der Waals surface area contributed by atoms with Gasteiger partial charge in [0.2, 0.25) is 5.91 Å². The molecule has 1 amide bonds. The summed E-state index contributed by atoms with van der Waals surface area (Å²) in [5, 5.41) is 3.57. The van der Waals surface area contributed by atoms with E-state index in [2.05, 4.69) is 24.4 Å². The summed E-state index contributed by atoms with van der Waals surface area (Å²) in [6.45, 7) is 2.11. The van der Waals surface area contributed by atoms with Crippen molar-refractivity contribution < 1.29 is 19.1 Å². The van der Waals surface area contributed by atoms with Gasteiger partial charge in [-0.15, -0.1) is 0 Å². The maximum atomic E-state index is 14.0. The predicted octanol–water partition coefficient (Wildman–Crippen LogP) is 6.95. The van der Waals surface area contributed by atoms with Gasteiger partial charge in [-0.05, 0) is 54.2 Å². The molecule has 1 aliphatic heterocycles. The van der Waals surface area contributed by atoms with Gasteiger partial charge in [-0.2, -0.15) is 0 Å². The standard InChI is InChI=1S/C33H34N2O4/c1-3-4-6-15-30(37)35-28-14-10-9-13-26(28)34-27-20-25(22-11-7-5-8-12-22)21-29(36)31(27)32(35)23-16-18-24(19-17-23)33(38)39-2/h5,7-14,16-19,25,32,34H,3-4,6,15,20-21H2,1-2H3/t25-,32+/m1/s1. The van der Waals surface area contributed by atoms with Crippen LogP contribution in [0.3, 0.4) is 0 Å². The minimum Gasteiger partial charge on any atom is -0.465 e. The molecule has 0 unspecified atom stereocenters. The zero-order valence-corrected chi connectivity index (χ0v) is 22.5. The predicted molar refractivity (Wildman–Crippen MR) is 153 cm³/mol. The number of benzene rings is 3. The van der Waals surface area contributed by atoms with Gasteiger partial charge in [-0.3, -0.25) is 14.5 Å². The van der Waals surface area contributed by atoms with Crippen LogP contribution >= 0.6 is 0 Å². The smallest absolute Gasteiger partial charge is 0.337 e. The van der Waals surface area contributed by atoms with Crippen molar-refractivity contribution in [3.8, 4) is 0 Å². The molecule has 0 aromatic heterocycles. The second kappa shape index (κ2) is 11.7. The van der Waals surface area contributed by atoms with E-state index in [9.17, 15) is 14.4 Å². The van der Waals surface area contributed by atoms with Crippen LogP contribution in [0.25, 0.3) is 0 Å². The van der Waals surface area contributed by atoms with Gasteiger partial charge < -0.3 is 10.1 Å². The van der Waals surface area contributed by atoms with E-state index in [1.165, 1.54) is 7.11 Å². The SMILES string of the molecule is CCCCCC(=O)N1c2ccccc2NC2=C(C(=O)C[C@H](c3ccccc3)C2)[C@@H]1c1ccc(C(=O)OC)cc1. The Hall–Kier alpha value is -4.19. The first kappa shape index (κ1) is 26.4. The molecule has 1 aliphatic carbocycles. The van der Waals surface area contributed by atoms with Crippen molar-refractivity contribution in [3.63, 3.8) is 0 Å². The number of carbonyl (C=O) groups excluding carboxylic acids is 3. The number of esters is 1. The van der Waals surface area contributed by atoms with Gasteiger partial charge >= 0.3 is 5.97 Å². The molecule has 1 heterocycles. The van der Waals surface area contributed by atoms with Crippen molar-refractivity contribution in [3.05, 3.63) is 107 Å². The zero-order chi connectivity index (χ0) is 27.4. The first-order valence-electron chi connectivity index (χ1n) is 13.7. The van der Waals surface area contributed by atoms with Crippen molar-refractivity contribution >= 4 is 29.0 Å². The number of ether oxygens (including phenoxy) is 1. The summed E-state index contributed by atoms with van der Waals surface area (Å²) >= 11 is 0. The highest BCUT2D eigenvalue weighted by Crippen LogP contribution is 2.47. The lowest BCUT2D eigenvalue weighted by atomic mass is 9.78. The second-order valence-electron chi connectivity index (χ2n) is 10.2. The van der Waals surface area contributed by atoms with Gasteiger partial charge in [0.15, 0.2) is 5.78 Å². The van der Waals surface area contributed by atoms with E-state index in [0.29, 0.717) is 30.4 Å². The van der Waals surface area contributed by atoms with Crippen LogP contribution in [0.5, 0.6) is 0 Å². The number of ketones is 1.